The van der Waals surface area contributed by atoms with Crippen LogP contribution in [-0.4, -0.2) is 21.4 Å². The van der Waals surface area contributed by atoms with E-state index < -0.39 is 29.1 Å². The van der Waals surface area contributed by atoms with Crippen LogP contribution in [0.1, 0.15) is 31.9 Å². The third-order valence-electron chi connectivity index (χ3n) is 5.72. The number of hydrogen-bond acceptors (Lipinski definition) is 4. The van der Waals surface area contributed by atoms with Gasteiger partial charge >= 0.3 is 0 Å². The number of rotatable bonds is 6. The Morgan fingerprint density at radius 3 is 2.47 bits per heavy atom. The van der Waals surface area contributed by atoms with Gasteiger partial charge in [0.25, 0.3) is 5.56 Å². The van der Waals surface area contributed by atoms with E-state index in [1.807, 2.05) is 6.92 Å². The molecule has 1 atom stereocenters. The van der Waals surface area contributed by atoms with E-state index in [9.17, 15) is 23.2 Å². The smallest absolute Gasteiger partial charge is 0.278 e. The van der Waals surface area contributed by atoms with Gasteiger partial charge in [-0.15, -0.1) is 0 Å². The summed E-state index contributed by atoms with van der Waals surface area (Å²) in [7, 11) is 0. The SMILES string of the molecule is CCC(C(=O)Nc1cc(F)ccc1F)n1c(=O)c(-c2cc(C)ccc2NC(C)=O)nc2ccccc21. The molecule has 0 aliphatic carbocycles. The summed E-state index contributed by atoms with van der Waals surface area (Å²) >= 11 is 0. The first-order chi connectivity index (χ1) is 17.2. The molecule has 0 aliphatic heterocycles. The van der Waals surface area contributed by atoms with Crippen molar-refractivity contribution in [2.24, 2.45) is 0 Å². The second-order valence-corrected chi connectivity index (χ2v) is 8.39. The standard InChI is InChI=1S/C27H24F2N4O3/c1-4-23(26(35)32-22-14-17(28)10-11-19(22)29)33-24-8-6-5-7-21(24)31-25(27(33)36)18-13-15(2)9-12-20(18)30-16(3)34/h5-14,23H,4H2,1-3H3,(H,30,34)(H,32,35). The summed E-state index contributed by atoms with van der Waals surface area (Å²) in [5.74, 6) is -2.51. The van der Waals surface area contributed by atoms with Crippen LogP contribution in [0, 0.1) is 18.6 Å². The van der Waals surface area contributed by atoms with E-state index in [2.05, 4.69) is 15.6 Å². The summed E-state index contributed by atoms with van der Waals surface area (Å²) in [5.41, 5.74) is 1.66. The van der Waals surface area contributed by atoms with Crippen LogP contribution in [0.15, 0.2) is 65.5 Å². The molecule has 184 valence electrons. The second kappa shape index (κ2) is 10.1. The van der Waals surface area contributed by atoms with Crippen molar-refractivity contribution in [3.63, 3.8) is 0 Å². The van der Waals surface area contributed by atoms with E-state index in [1.54, 1.807) is 49.4 Å². The molecule has 0 spiro atoms. The second-order valence-electron chi connectivity index (χ2n) is 8.39. The van der Waals surface area contributed by atoms with Gasteiger partial charge in [-0.05, 0) is 49.7 Å². The van der Waals surface area contributed by atoms with Crippen molar-refractivity contribution in [2.75, 3.05) is 10.6 Å². The Morgan fingerprint density at radius 2 is 1.75 bits per heavy atom. The van der Waals surface area contributed by atoms with Crippen LogP contribution in [-0.2, 0) is 9.59 Å². The van der Waals surface area contributed by atoms with E-state index in [0.29, 0.717) is 22.3 Å². The van der Waals surface area contributed by atoms with Crippen molar-refractivity contribution in [1.82, 2.24) is 9.55 Å². The van der Waals surface area contributed by atoms with Gasteiger partial charge in [-0.1, -0.05) is 30.7 Å². The van der Waals surface area contributed by atoms with Crippen LogP contribution in [0.5, 0.6) is 0 Å². The summed E-state index contributed by atoms with van der Waals surface area (Å²) < 4.78 is 29.2. The molecule has 4 aromatic rings. The van der Waals surface area contributed by atoms with Gasteiger partial charge in [0.1, 0.15) is 23.4 Å². The summed E-state index contributed by atoms with van der Waals surface area (Å²) in [6, 6.07) is 13.7. The van der Waals surface area contributed by atoms with Gasteiger partial charge < -0.3 is 10.6 Å². The average Bonchev–Trinajstić information content (AvgIpc) is 2.84. The zero-order valence-corrected chi connectivity index (χ0v) is 19.9. The molecule has 2 amide bonds. The first-order valence-corrected chi connectivity index (χ1v) is 11.4. The number of carbonyl (C=O) groups excluding carboxylic acids is 2. The van der Waals surface area contributed by atoms with E-state index in [0.717, 1.165) is 23.8 Å². The van der Waals surface area contributed by atoms with Gasteiger partial charge in [-0.3, -0.25) is 19.0 Å². The molecule has 0 saturated carbocycles. The van der Waals surface area contributed by atoms with Crippen molar-refractivity contribution in [3.8, 4) is 11.3 Å². The summed E-state index contributed by atoms with van der Waals surface area (Å²) in [5, 5.41) is 5.13. The maximum absolute atomic E-state index is 14.2. The molecular weight excluding hydrogens is 466 g/mol. The molecular formula is C27H24F2N4O3. The minimum absolute atomic E-state index is 0.0457. The van der Waals surface area contributed by atoms with Crippen LogP contribution in [0.4, 0.5) is 20.2 Å². The lowest BCUT2D eigenvalue weighted by Gasteiger charge is -2.22. The average molecular weight is 491 g/mol. The fraction of sp³-hybridized carbons (Fsp3) is 0.185. The molecule has 0 saturated heterocycles. The Morgan fingerprint density at radius 1 is 1.00 bits per heavy atom. The number of aromatic nitrogens is 2. The summed E-state index contributed by atoms with van der Waals surface area (Å²) in [4.78, 5) is 43.5. The predicted molar refractivity (Wildman–Crippen MR) is 135 cm³/mol. The number of para-hydroxylation sites is 2. The highest BCUT2D eigenvalue weighted by molar-refractivity contribution is 5.96. The van der Waals surface area contributed by atoms with Crippen molar-refractivity contribution >= 4 is 34.2 Å². The van der Waals surface area contributed by atoms with E-state index in [4.69, 9.17) is 0 Å². The third kappa shape index (κ3) is 4.86. The minimum Gasteiger partial charge on any atom is -0.326 e. The van der Waals surface area contributed by atoms with Gasteiger partial charge in [0.15, 0.2) is 0 Å². The summed E-state index contributed by atoms with van der Waals surface area (Å²) in [6.07, 6.45) is 0.183. The highest BCUT2D eigenvalue weighted by Gasteiger charge is 2.26. The van der Waals surface area contributed by atoms with Crippen LogP contribution in [0.25, 0.3) is 22.3 Å². The molecule has 1 aromatic heterocycles. The first kappa shape index (κ1) is 24.7. The van der Waals surface area contributed by atoms with E-state index >= 15 is 0 Å². The van der Waals surface area contributed by atoms with Crippen molar-refractivity contribution in [2.45, 2.75) is 33.2 Å². The third-order valence-corrected chi connectivity index (χ3v) is 5.72. The number of fused-ring (bicyclic) bond motifs is 1. The van der Waals surface area contributed by atoms with Crippen molar-refractivity contribution in [3.05, 3.63) is 88.2 Å². The Balaban J connectivity index is 1.92. The quantitative estimate of drug-likeness (QED) is 0.389. The number of aryl methyl sites for hydroxylation is 1. The molecule has 4 rings (SSSR count). The predicted octanol–water partition coefficient (Wildman–Crippen LogP) is 5.20. The van der Waals surface area contributed by atoms with Crippen molar-refractivity contribution in [1.29, 1.82) is 0 Å². The molecule has 1 heterocycles. The monoisotopic (exact) mass is 490 g/mol. The molecule has 9 heteroatoms. The maximum Gasteiger partial charge on any atom is 0.278 e. The Labute approximate surface area is 205 Å². The zero-order chi connectivity index (χ0) is 26.0. The number of hydrogen-bond donors (Lipinski definition) is 2. The highest BCUT2D eigenvalue weighted by Crippen LogP contribution is 2.29. The molecule has 3 aromatic carbocycles. The largest absolute Gasteiger partial charge is 0.326 e. The molecule has 2 N–H and O–H groups in total. The Kier molecular flexibility index (Phi) is 6.91. The van der Waals surface area contributed by atoms with Crippen molar-refractivity contribution < 1.29 is 18.4 Å². The van der Waals surface area contributed by atoms with E-state index in [-0.39, 0.29) is 23.7 Å². The molecule has 1 unspecified atom stereocenters. The maximum atomic E-state index is 14.2. The number of nitrogens with one attached hydrogen (secondary N) is 2. The fourth-order valence-corrected chi connectivity index (χ4v) is 4.09. The molecule has 0 aliphatic rings. The van der Waals surface area contributed by atoms with Crippen LogP contribution < -0.4 is 16.2 Å². The van der Waals surface area contributed by atoms with Gasteiger partial charge in [0.05, 0.1) is 22.4 Å². The van der Waals surface area contributed by atoms with Gasteiger partial charge in [-0.25, -0.2) is 13.8 Å². The minimum atomic E-state index is -1.05. The zero-order valence-electron chi connectivity index (χ0n) is 19.9. The fourth-order valence-electron chi connectivity index (χ4n) is 4.09. The molecule has 36 heavy (non-hydrogen) atoms. The lowest BCUT2D eigenvalue weighted by molar-refractivity contribution is -0.119. The van der Waals surface area contributed by atoms with Gasteiger partial charge in [0, 0.05) is 18.6 Å². The number of carbonyl (C=O) groups is 2. The number of benzene rings is 3. The topological polar surface area (TPSA) is 93.1 Å². The lowest BCUT2D eigenvalue weighted by atomic mass is 10.0. The molecule has 0 bridgehead atoms. The molecule has 0 radical (unpaired) electrons. The van der Waals surface area contributed by atoms with Crippen LogP contribution in [0.3, 0.4) is 0 Å². The Bertz CT molecular complexity index is 1550. The molecule has 0 fully saturated rings. The van der Waals surface area contributed by atoms with Crippen LogP contribution in [0.2, 0.25) is 0 Å². The van der Waals surface area contributed by atoms with Crippen LogP contribution >= 0.6 is 0 Å². The lowest BCUT2D eigenvalue weighted by Crippen LogP contribution is -2.35. The Hall–Kier alpha value is -4.40. The van der Waals surface area contributed by atoms with E-state index in [1.165, 1.54) is 11.5 Å². The highest BCUT2D eigenvalue weighted by atomic mass is 19.1. The number of amides is 2. The molecule has 7 nitrogen and oxygen atoms in total. The van der Waals surface area contributed by atoms with Gasteiger partial charge in [0.2, 0.25) is 11.8 Å². The summed E-state index contributed by atoms with van der Waals surface area (Å²) in [6.45, 7) is 4.91. The number of nitrogens with zero attached hydrogens (tertiary/aromatic N) is 2. The number of halogens is 2. The number of anilines is 2. The normalized spacial score (nSPS) is 11.8. The first-order valence-electron chi connectivity index (χ1n) is 11.4. The van der Waals surface area contributed by atoms with Gasteiger partial charge in [-0.2, -0.15) is 0 Å².